The van der Waals surface area contributed by atoms with E-state index in [0.717, 1.165) is 10.9 Å². The van der Waals surface area contributed by atoms with Gasteiger partial charge < -0.3 is 14.7 Å². The van der Waals surface area contributed by atoms with Crippen LogP contribution in [0.4, 0.5) is 10.1 Å². The summed E-state index contributed by atoms with van der Waals surface area (Å²) in [4.78, 5) is 31.0. The number of anilines is 1. The van der Waals surface area contributed by atoms with Crippen LogP contribution in [0.15, 0.2) is 30.3 Å². The van der Waals surface area contributed by atoms with Crippen molar-refractivity contribution in [3.63, 3.8) is 0 Å². The van der Waals surface area contributed by atoms with E-state index >= 15 is 0 Å². The van der Waals surface area contributed by atoms with Gasteiger partial charge >= 0.3 is 0 Å². The molecule has 1 aromatic carbocycles. The maximum absolute atomic E-state index is 14.9. The number of thiophene rings is 1. The largest absolute Gasteiger partial charge is 0.340 e. The average Bonchev–Trinajstić information content (AvgIpc) is 3.37. The molecule has 8 nitrogen and oxygen atoms in total. The van der Waals surface area contributed by atoms with E-state index in [-0.39, 0.29) is 41.8 Å². The molecular formula is C23H30ClFN4O4S2. The van der Waals surface area contributed by atoms with Crippen molar-refractivity contribution in [2.24, 2.45) is 0 Å². The van der Waals surface area contributed by atoms with E-state index in [1.807, 2.05) is 19.0 Å². The van der Waals surface area contributed by atoms with Crippen LogP contribution in [0.3, 0.4) is 0 Å². The number of halogens is 2. The first-order valence-electron chi connectivity index (χ1n) is 11.1. The highest BCUT2D eigenvalue weighted by molar-refractivity contribution is 7.89. The van der Waals surface area contributed by atoms with Crippen LogP contribution in [0.2, 0.25) is 4.34 Å². The van der Waals surface area contributed by atoms with E-state index < -0.39 is 27.8 Å². The minimum absolute atomic E-state index is 0.0192. The highest BCUT2D eigenvalue weighted by atomic mass is 35.5. The van der Waals surface area contributed by atoms with Crippen LogP contribution in [0.5, 0.6) is 0 Å². The number of benzene rings is 1. The molecule has 35 heavy (non-hydrogen) atoms. The SMILES string of the molecule is CC(CS(=O)(=O)NC1CCN(c2ccc(C(=O)N(C)CCN(C)C)cc2F)C1=O)c1ccc(Cl)s1. The Balaban J connectivity index is 1.65. The Morgan fingerprint density at radius 1 is 1.26 bits per heavy atom. The third-order valence-corrected chi connectivity index (χ3v) is 8.84. The zero-order chi connectivity index (χ0) is 25.9. The number of hydrogen-bond acceptors (Lipinski definition) is 6. The van der Waals surface area contributed by atoms with Crippen LogP contribution in [0.1, 0.15) is 34.5 Å². The molecule has 1 saturated heterocycles. The number of rotatable bonds is 10. The maximum atomic E-state index is 14.9. The fourth-order valence-electron chi connectivity index (χ4n) is 3.83. The van der Waals surface area contributed by atoms with Gasteiger partial charge in [-0.25, -0.2) is 17.5 Å². The second kappa shape index (κ2) is 11.3. The second-order valence-corrected chi connectivity index (χ2v) is 12.5. The van der Waals surface area contributed by atoms with Gasteiger partial charge in [-0.1, -0.05) is 18.5 Å². The molecule has 1 N–H and O–H groups in total. The Bertz CT molecular complexity index is 1190. The number of amides is 2. The molecule has 1 aliphatic heterocycles. The number of sulfonamides is 1. The van der Waals surface area contributed by atoms with Gasteiger partial charge in [0.15, 0.2) is 0 Å². The Morgan fingerprint density at radius 3 is 2.57 bits per heavy atom. The van der Waals surface area contributed by atoms with Crippen LogP contribution >= 0.6 is 22.9 Å². The van der Waals surface area contributed by atoms with Gasteiger partial charge in [0.1, 0.15) is 11.9 Å². The van der Waals surface area contributed by atoms with Crippen molar-refractivity contribution < 1.29 is 22.4 Å². The van der Waals surface area contributed by atoms with Gasteiger partial charge in [-0.15, -0.1) is 11.3 Å². The van der Waals surface area contributed by atoms with Crippen molar-refractivity contribution in [3.05, 3.63) is 50.9 Å². The molecule has 1 aromatic heterocycles. The molecule has 2 amide bonds. The molecule has 1 fully saturated rings. The Morgan fingerprint density at radius 2 is 1.97 bits per heavy atom. The van der Waals surface area contributed by atoms with Crippen molar-refractivity contribution >= 4 is 50.5 Å². The first kappa shape index (κ1) is 27.5. The summed E-state index contributed by atoms with van der Waals surface area (Å²) in [7, 11) is 1.67. The lowest BCUT2D eigenvalue weighted by molar-refractivity contribution is -0.118. The molecule has 3 rings (SSSR count). The predicted octanol–water partition coefficient (Wildman–Crippen LogP) is 3.00. The van der Waals surface area contributed by atoms with Crippen molar-refractivity contribution in [3.8, 4) is 0 Å². The van der Waals surface area contributed by atoms with Gasteiger partial charge in [-0.3, -0.25) is 9.59 Å². The van der Waals surface area contributed by atoms with Gasteiger partial charge in [0.2, 0.25) is 15.9 Å². The normalized spacial score (nSPS) is 17.3. The quantitative estimate of drug-likeness (QED) is 0.496. The molecule has 192 valence electrons. The summed E-state index contributed by atoms with van der Waals surface area (Å²) < 4.78 is 43.3. The predicted molar refractivity (Wildman–Crippen MR) is 137 cm³/mol. The molecule has 2 heterocycles. The van der Waals surface area contributed by atoms with Gasteiger partial charge in [-0.2, -0.15) is 0 Å². The Kier molecular flexibility index (Phi) is 8.92. The molecule has 2 atom stereocenters. The molecule has 0 saturated carbocycles. The number of carbonyl (C=O) groups excluding carboxylic acids is 2. The van der Waals surface area contributed by atoms with Gasteiger partial charge in [0, 0.05) is 43.0 Å². The number of carbonyl (C=O) groups is 2. The number of nitrogens with zero attached hydrogens (tertiary/aromatic N) is 3. The minimum Gasteiger partial charge on any atom is -0.340 e. The van der Waals surface area contributed by atoms with E-state index in [9.17, 15) is 22.4 Å². The van der Waals surface area contributed by atoms with Crippen LogP contribution in [0, 0.1) is 5.82 Å². The van der Waals surface area contributed by atoms with E-state index in [2.05, 4.69) is 4.72 Å². The molecule has 2 unspecified atom stereocenters. The first-order valence-corrected chi connectivity index (χ1v) is 14.0. The topological polar surface area (TPSA) is 90.0 Å². The molecule has 0 aliphatic carbocycles. The molecule has 0 spiro atoms. The Hall–Kier alpha value is -2.05. The van der Waals surface area contributed by atoms with Gasteiger partial charge in [-0.05, 0) is 50.8 Å². The summed E-state index contributed by atoms with van der Waals surface area (Å²) >= 11 is 7.25. The smallest absolute Gasteiger partial charge is 0.253 e. The zero-order valence-electron chi connectivity index (χ0n) is 20.1. The van der Waals surface area contributed by atoms with Crippen LogP contribution in [-0.4, -0.2) is 82.6 Å². The van der Waals surface area contributed by atoms with Crippen LogP contribution in [-0.2, 0) is 14.8 Å². The van der Waals surface area contributed by atoms with Crippen molar-refractivity contribution in [2.45, 2.75) is 25.3 Å². The van der Waals surface area contributed by atoms with Crippen LogP contribution in [0.25, 0.3) is 0 Å². The molecule has 0 bridgehead atoms. The van der Waals surface area contributed by atoms with E-state index in [1.165, 1.54) is 33.3 Å². The third-order valence-electron chi connectivity index (χ3n) is 5.79. The summed E-state index contributed by atoms with van der Waals surface area (Å²) in [6.07, 6.45) is 0.213. The summed E-state index contributed by atoms with van der Waals surface area (Å²) in [5, 5.41) is 0. The lowest BCUT2D eigenvalue weighted by Crippen LogP contribution is -2.43. The third kappa shape index (κ3) is 7.01. The highest BCUT2D eigenvalue weighted by Gasteiger charge is 2.37. The zero-order valence-corrected chi connectivity index (χ0v) is 22.5. The minimum atomic E-state index is -3.77. The molecule has 2 aromatic rings. The molecule has 1 aliphatic rings. The lowest BCUT2D eigenvalue weighted by atomic mass is 10.1. The van der Waals surface area contributed by atoms with Gasteiger partial charge in [0.05, 0.1) is 15.8 Å². The van der Waals surface area contributed by atoms with Crippen molar-refractivity contribution in [1.29, 1.82) is 0 Å². The fourth-order valence-corrected chi connectivity index (χ4v) is 6.63. The Labute approximate surface area is 214 Å². The average molecular weight is 545 g/mol. The summed E-state index contributed by atoms with van der Waals surface area (Å²) in [6, 6.07) is 6.50. The number of hydrogen-bond donors (Lipinski definition) is 1. The highest BCUT2D eigenvalue weighted by Crippen LogP contribution is 2.30. The maximum Gasteiger partial charge on any atom is 0.253 e. The fraction of sp³-hybridized carbons (Fsp3) is 0.478. The van der Waals surface area contributed by atoms with Crippen molar-refractivity contribution in [1.82, 2.24) is 14.5 Å². The number of likely N-dealkylation sites (N-methyl/N-ethyl adjacent to an activating group) is 2. The molecule has 0 radical (unpaired) electrons. The van der Waals surface area contributed by atoms with E-state index in [1.54, 1.807) is 26.1 Å². The van der Waals surface area contributed by atoms with Crippen LogP contribution < -0.4 is 9.62 Å². The second-order valence-electron chi connectivity index (χ2n) is 8.97. The van der Waals surface area contributed by atoms with Gasteiger partial charge in [0.25, 0.3) is 5.91 Å². The molecule has 12 heteroatoms. The standard InChI is InChI=1S/C23H30ClFN4O4S2/c1-15(20-7-8-21(24)34-20)14-35(32,33)26-18-9-10-29(23(18)31)19-6-5-16(13-17(19)25)22(30)28(4)12-11-27(2)3/h5-8,13,15,18,26H,9-12,14H2,1-4H3. The molecular weight excluding hydrogens is 515 g/mol. The first-order chi connectivity index (χ1) is 16.4. The summed E-state index contributed by atoms with van der Waals surface area (Å²) in [5.74, 6) is -2.05. The number of nitrogens with one attached hydrogen (secondary N) is 1. The summed E-state index contributed by atoms with van der Waals surface area (Å²) in [5.41, 5.74) is 0.199. The summed E-state index contributed by atoms with van der Waals surface area (Å²) in [6.45, 7) is 3.09. The van der Waals surface area contributed by atoms with E-state index in [4.69, 9.17) is 11.6 Å². The lowest BCUT2D eigenvalue weighted by Gasteiger charge is -2.21. The van der Waals surface area contributed by atoms with E-state index in [0.29, 0.717) is 17.4 Å². The monoisotopic (exact) mass is 544 g/mol. The van der Waals surface area contributed by atoms with Crippen molar-refractivity contribution in [2.75, 3.05) is 51.4 Å².